The predicted octanol–water partition coefficient (Wildman–Crippen LogP) is 7.43. The van der Waals surface area contributed by atoms with Gasteiger partial charge < -0.3 is 9.15 Å². The van der Waals surface area contributed by atoms with Crippen LogP contribution in [0.15, 0.2) is 100 Å². The highest BCUT2D eigenvalue weighted by molar-refractivity contribution is 6.18. The molecule has 0 aliphatic rings. The Balaban J connectivity index is 1.52. The van der Waals surface area contributed by atoms with Crippen LogP contribution in [0.5, 0.6) is 5.75 Å². The molecule has 0 N–H and O–H groups in total. The van der Waals surface area contributed by atoms with Crippen molar-refractivity contribution < 1.29 is 9.15 Å². The van der Waals surface area contributed by atoms with E-state index < -0.39 is 0 Å². The minimum absolute atomic E-state index is 0.383. The van der Waals surface area contributed by atoms with Crippen LogP contribution in [0.4, 0.5) is 0 Å². The number of hydrogen-bond donors (Lipinski definition) is 0. The average molecular weight is 428 g/mol. The minimum Gasteiger partial charge on any atom is -0.497 e. The van der Waals surface area contributed by atoms with Crippen molar-refractivity contribution in [3.8, 4) is 5.75 Å². The molecule has 5 aromatic carbocycles. The van der Waals surface area contributed by atoms with E-state index in [1.54, 1.807) is 13.2 Å². The monoisotopic (exact) mass is 428 g/mol. The molecule has 0 aliphatic carbocycles. The van der Waals surface area contributed by atoms with Gasteiger partial charge in [0.2, 0.25) is 0 Å². The molecule has 33 heavy (non-hydrogen) atoms. The maximum absolute atomic E-state index is 12.1. The molecule has 0 spiro atoms. The molecule has 0 fully saturated rings. The van der Waals surface area contributed by atoms with Crippen molar-refractivity contribution in [2.24, 2.45) is 0 Å². The molecule has 158 valence electrons. The standard InChI is InChI=1S/C30H20O3/c1-32-22-12-14-25-21(17-30(31)33-29(25)18-22)10-9-20-6-4-8-26-24(20)15-16-27-23-7-3-2-5-19(23)11-13-28(26)27/h2-18H,1H3. The first kappa shape index (κ1) is 19.3. The van der Waals surface area contributed by atoms with Gasteiger partial charge in [-0.1, -0.05) is 78.9 Å². The van der Waals surface area contributed by atoms with Gasteiger partial charge in [0.15, 0.2) is 0 Å². The van der Waals surface area contributed by atoms with E-state index in [1.807, 2.05) is 18.2 Å². The van der Waals surface area contributed by atoms with Crippen LogP contribution in [0, 0.1) is 0 Å². The molecular formula is C30H20O3. The van der Waals surface area contributed by atoms with Gasteiger partial charge in [-0.05, 0) is 55.6 Å². The molecule has 0 atom stereocenters. The molecule has 1 heterocycles. The summed E-state index contributed by atoms with van der Waals surface area (Å²) in [5, 5.41) is 8.24. The first-order chi connectivity index (χ1) is 16.2. The van der Waals surface area contributed by atoms with E-state index in [9.17, 15) is 4.79 Å². The second kappa shape index (κ2) is 7.64. The second-order valence-electron chi connectivity index (χ2n) is 8.11. The van der Waals surface area contributed by atoms with Gasteiger partial charge in [0, 0.05) is 17.5 Å². The van der Waals surface area contributed by atoms with E-state index in [4.69, 9.17) is 9.15 Å². The Bertz CT molecular complexity index is 1770. The van der Waals surface area contributed by atoms with Crippen LogP contribution >= 0.6 is 0 Å². The maximum Gasteiger partial charge on any atom is 0.336 e. The van der Waals surface area contributed by atoms with Gasteiger partial charge in [0.05, 0.1) is 7.11 Å². The van der Waals surface area contributed by atoms with Crippen LogP contribution in [0.1, 0.15) is 11.1 Å². The quantitative estimate of drug-likeness (QED) is 0.217. The van der Waals surface area contributed by atoms with Crippen molar-refractivity contribution in [1.82, 2.24) is 0 Å². The summed E-state index contributed by atoms with van der Waals surface area (Å²) in [6.45, 7) is 0. The van der Waals surface area contributed by atoms with Gasteiger partial charge in [0.25, 0.3) is 0 Å². The largest absolute Gasteiger partial charge is 0.497 e. The molecule has 0 bridgehead atoms. The Morgan fingerprint density at radius 1 is 0.636 bits per heavy atom. The van der Waals surface area contributed by atoms with Crippen molar-refractivity contribution in [2.75, 3.05) is 7.11 Å². The fraction of sp³-hybridized carbons (Fsp3) is 0.0333. The number of fused-ring (bicyclic) bond motifs is 6. The summed E-state index contributed by atoms with van der Waals surface area (Å²) >= 11 is 0. The van der Waals surface area contributed by atoms with Gasteiger partial charge >= 0.3 is 5.63 Å². The molecule has 6 rings (SSSR count). The summed E-state index contributed by atoms with van der Waals surface area (Å²) in [5.74, 6) is 0.653. The lowest BCUT2D eigenvalue weighted by Crippen LogP contribution is -1.98. The van der Waals surface area contributed by atoms with Crippen LogP contribution in [-0.4, -0.2) is 7.11 Å². The van der Waals surface area contributed by atoms with Gasteiger partial charge in [-0.15, -0.1) is 0 Å². The molecule has 0 unspecified atom stereocenters. The summed E-state index contributed by atoms with van der Waals surface area (Å²) in [5.41, 5.74) is 2.04. The third-order valence-electron chi connectivity index (χ3n) is 6.24. The second-order valence-corrected chi connectivity index (χ2v) is 8.11. The first-order valence-corrected chi connectivity index (χ1v) is 10.8. The lowest BCUT2D eigenvalue weighted by Gasteiger charge is -2.09. The van der Waals surface area contributed by atoms with E-state index in [2.05, 4.69) is 72.8 Å². The average Bonchev–Trinajstić information content (AvgIpc) is 2.86. The van der Waals surface area contributed by atoms with E-state index in [1.165, 1.54) is 38.4 Å². The fourth-order valence-corrected chi connectivity index (χ4v) is 4.64. The van der Waals surface area contributed by atoms with Crippen molar-refractivity contribution in [3.63, 3.8) is 0 Å². The normalized spacial score (nSPS) is 11.8. The molecule has 0 radical (unpaired) electrons. The molecule has 3 nitrogen and oxygen atoms in total. The molecule has 0 saturated heterocycles. The highest BCUT2D eigenvalue weighted by Crippen LogP contribution is 2.33. The molecule has 3 heteroatoms. The van der Waals surface area contributed by atoms with Crippen LogP contribution in [0.25, 0.3) is 55.4 Å². The molecule has 0 amide bonds. The third-order valence-corrected chi connectivity index (χ3v) is 6.24. The summed E-state index contributed by atoms with van der Waals surface area (Å²) < 4.78 is 10.6. The zero-order valence-corrected chi connectivity index (χ0v) is 18.0. The van der Waals surface area contributed by atoms with E-state index in [0.717, 1.165) is 16.5 Å². The minimum atomic E-state index is -0.383. The van der Waals surface area contributed by atoms with Crippen LogP contribution < -0.4 is 10.4 Å². The summed E-state index contributed by atoms with van der Waals surface area (Å²) in [6, 6.07) is 30.7. The topological polar surface area (TPSA) is 39.4 Å². The third kappa shape index (κ3) is 3.26. The fourth-order valence-electron chi connectivity index (χ4n) is 4.64. The summed E-state index contributed by atoms with van der Waals surface area (Å²) in [7, 11) is 1.59. The zero-order chi connectivity index (χ0) is 22.4. The molecule has 0 saturated carbocycles. The SMILES string of the molecule is COc1ccc2c(C=Cc3cccc4c3ccc3c5ccccc5ccc43)cc(=O)oc2c1. The Morgan fingerprint density at radius 3 is 2.24 bits per heavy atom. The lowest BCUT2D eigenvalue weighted by atomic mass is 9.95. The Hall–Kier alpha value is -4.37. The zero-order valence-electron chi connectivity index (χ0n) is 18.0. The number of ether oxygens (including phenoxy) is 1. The van der Waals surface area contributed by atoms with Crippen molar-refractivity contribution in [3.05, 3.63) is 113 Å². The molecule has 6 aromatic rings. The number of benzene rings is 5. The van der Waals surface area contributed by atoms with Crippen LogP contribution in [-0.2, 0) is 0 Å². The summed E-state index contributed by atoms with van der Waals surface area (Å²) in [4.78, 5) is 12.1. The number of hydrogen-bond acceptors (Lipinski definition) is 3. The van der Waals surface area contributed by atoms with Gasteiger partial charge in [-0.3, -0.25) is 0 Å². The Morgan fingerprint density at radius 2 is 1.33 bits per heavy atom. The van der Waals surface area contributed by atoms with Gasteiger partial charge in [0.1, 0.15) is 11.3 Å². The van der Waals surface area contributed by atoms with E-state index in [0.29, 0.717) is 11.3 Å². The molecule has 0 aliphatic heterocycles. The van der Waals surface area contributed by atoms with Crippen molar-refractivity contribution in [2.45, 2.75) is 0 Å². The maximum atomic E-state index is 12.1. The van der Waals surface area contributed by atoms with Crippen LogP contribution in [0.2, 0.25) is 0 Å². The Kier molecular flexibility index (Phi) is 4.48. The van der Waals surface area contributed by atoms with Crippen molar-refractivity contribution in [1.29, 1.82) is 0 Å². The van der Waals surface area contributed by atoms with E-state index >= 15 is 0 Å². The predicted molar refractivity (Wildman–Crippen MR) is 137 cm³/mol. The first-order valence-electron chi connectivity index (χ1n) is 10.8. The van der Waals surface area contributed by atoms with E-state index in [-0.39, 0.29) is 5.63 Å². The number of methoxy groups -OCH3 is 1. The molecular weight excluding hydrogens is 408 g/mol. The summed E-state index contributed by atoms with van der Waals surface area (Å²) in [6.07, 6.45) is 4.04. The highest BCUT2D eigenvalue weighted by atomic mass is 16.5. The van der Waals surface area contributed by atoms with Crippen molar-refractivity contribution >= 4 is 55.4 Å². The number of rotatable bonds is 3. The smallest absolute Gasteiger partial charge is 0.336 e. The van der Waals surface area contributed by atoms with Crippen LogP contribution in [0.3, 0.4) is 0 Å². The van der Waals surface area contributed by atoms with Gasteiger partial charge in [-0.25, -0.2) is 4.79 Å². The highest BCUT2D eigenvalue weighted by Gasteiger charge is 2.08. The Labute approximate surface area is 190 Å². The molecule has 1 aromatic heterocycles. The lowest BCUT2D eigenvalue weighted by molar-refractivity contribution is 0.414. The van der Waals surface area contributed by atoms with Gasteiger partial charge in [-0.2, -0.15) is 0 Å².